The number of methoxy groups -OCH3 is 1. The maximum absolute atomic E-state index is 11.2. The molecule has 4 nitrogen and oxygen atoms in total. The van der Waals surface area contributed by atoms with E-state index in [9.17, 15) is 4.79 Å². The van der Waals surface area contributed by atoms with Gasteiger partial charge in [-0.25, -0.2) is 0 Å². The Morgan fingerprint density at radius 3 is 2.75 bits per heavy atom. The molecule has 1 aromatic rings. The molecule has 1 amide bonds. The van der Waals surface area contributed by atoms with Crippen molar-refractivity contribution in [2.45, 2.75) is 6.42 Å². The molecule has 0 bridgehead atoms. The van der Waals surface area contributed by atoms with E-state index in [4.69, 9.17) is 33.2 Å². The summed E-state index contributed by atoms with van der Waals surface area (Å²) in [5, 5.41) is 11.2. The lowest BCUT2D eigenvalue weighted by Gasteiger charge is -2.09. The van der Waals surface area contributed by atoms with Crippen LogP contribution < -0.4 is 10.1 Å². The van der Waals surface area contributed by atoms with Crippen molar-refractivity contribution in [2.24, 2.45) is 0 Å². The summed E-state index contributed by atoms with van der Waals surface area (Å²) in [7, 11) is 1.46. The highest BCUT2D eigenvalue weighted by molar-refractivity contribution is 6.44. The standard InChI is InChI=1S/C10H8Cl2N2O2/c1-16-7-3-2-6(9(11)10(7)12)14-8(15)4-5-13/h2-3H,4H2,1H3,(H,14,15). The Morgan fingerprint density at radius 1 is 1.50 bits per heavy atom. The molecule has 0 radical (unpaired) electrons. The average molecular weight is 259 g/mol. The van der Waals surface area contributed by atoms with Crippen LogP contribution in [0.1, 0.15) is 6.42 Å². The van der Waals surface area contributed by atoms with Gasteiger partial charge in [0.15, 0.2) is 0 Å². The summed E-state index contributed by atoms with van der Waals surface area (Å²) in [6, 6.07) is 4.87. The first-order valence-corrected chi connectivity index (χ1v) is 5.04. The summed E-state index contributed by atoms with van der Waals surface area (Å²) < 4.78 is 4.95. The second kappa shape index (κ2) is 5.59. The van der Waals surface area contributed by atoms with Gasteiger partial charge in [-0.3, -0.25) is 4.79 Å². The molecule has 0 aliphatic rings. The minimum atomic E-state index is -0.439. The molecule has 0 saturated heterocycles. The summed E-state index contributed by atoms with van der Waals surface area (Å²) >= 11 is 11.8. The zero-order chi connectivity index (χ0) is 12.1. The van der Waals surface area contributed by atoms with Gasteiger partial charge >= 0.3 is 0 Å². The van der Waals surface area contributed by atoms with Gasteiger partial charge in [0.05, 0.1) is 23.9 Å². The van der Waals surface area contributed by atoms with E-state index < -0.39 is 5.91 Å². The fraction of sp³-hybridized carbons (Fsp3) is 0.200. The summed E-state index contributed by atoms with van der Waals surface area (Å²) in [5.41, 5.74) is 0.354. The molecule has 1 N–H and O–H groups in total. The molecule has 0 aliphatic heterocycles. The third-order valence-corrected chi connectivity index (χ3v) is 2.65. The minimum Gasteiger partial charge on any atom is -0.495 e. The topological polar surface area (TPSA) is 62.1 Å². The maximum Gasteiger partial charge on any atom is 0.238 e. The number of carbonyl (C=O) groups excluding carboxylic acids is 1. The second-order valence-corrected chi connectivity index (χ2v) is 3.58. The lowest BCUT2D eigenvalue weighted by molar-refractivity contribution is -0.115. The number of rotatable bonds is 3. The number of benzene rings is 1. The average Bonchev–Trinajstić information content (AvgIpc) is 2.25. The largest absolute Gasteiger partial charge is 0.495 e. The van der Waals surface area contributed by atoms with Crippen LogP contribution in [0.3, 0.4) is 0 Å². The Morgan fingerprint density at radius 2 is 2.19 bits per heavy atom. The third-order valence-electron chi connectivity index (χ3n) is 1.78. The van der Waals surface area contributed by atoms with E-state index in [2.05, 4.69) is 5.32 Å². The minimum absolute atomic E-state index is 0.187. The van der Waals surface area contributed by atoms with Gasteiger partial charge in [0.25, 0.3) is 0 Å². The third kappa shape index (κ3) is 2.78. The number of nitrogens with zero attached hydrogens (tertiary/aromatic N) is 1. The van der Waals surface area contributed by atoms with E-state index in [1.54, 1.807) is 18.2 Å². The van der Waals surface area contributed by atoms with Crippen LogP contribution in [0.25, 0.3) is 0 Å². The van der Waals surface area contributed by atoms with Gasteiger partial charge < -0.3 is 10.1 Å². The predicted molar refractivity (Wildman–Crippen MR) is 61.9 cm³/mol. The van der Waals surface area contributed by atoms with Crippen LogP contribution in [-0.2, 0) is 4.79 Å². The second-order valence-electron chi connectivity index (χ2n) is 2.83. The van der Waals surface area contributed by atoms with E-state index in [0.29, 0.717) is 11.4 Å². The first-order valence-electron chi connectivity index (χ1n) is 4.29. The summed E-state index contributed by atoms with van der Waals surface area (Å²) in [6.07, 6.45) is -0.236. The highest BCUT2D eigenvalue weighted by atomic mass is 35.5. The smallest absolute Gasteiger partial charge is 0.238 e. The molecule has 0 saturated carbocycles. The summed E-state index contributed by atoms with van der Waals surface area (Å²) in [6.45, 7) is 0. The molecule has 0 spiro atoms. The molecule has 0 heterocycles. The monoisotopic (exact) mass is 258 g/mol. The summed E-state index contributed by atoms with van der Waals surface area (Å²) in [5.74, 6) is -0.0180. The van der Waals surface area contributed by atoms with E-state index >= 15 is 0 Å². The van der Waals surface area contributed by atoms with Crippen molar-refractivity contribution in [1.82, 2.24) is 0 Å². The van der Waals surface area contributed by atoms with Gasteiger partial charge in [0.2, 0.25) is 5.91 Å². The van der Waals surface area contributed by atoms with E-state index in [1.165, 1.54) is 7.11 Å². The number of nitrogens with one attached hydrogen (secondary N) is 1. The lowest BCUT2D eigenvalue weighted by atomic mass is 10.3. The van der Waals surface area contributed by atoms with Crippen molar-refractivity contribution in [3.8, 4) is 11.8 Å². The normalized spacial score (nSPS) is 9.38. The number of anilines is 1. The highest BCUT2D eigenvalue weighted by Gasteiger charge is 2.12. The number of carbonyl (C=O) groups is 1. The van der Waals surface area contributed by atoms with Crippen molar-refractivity contribution in [3.63, 3.8) is 0 Å². The number of ether oxygens (including phenoxy) is 1. The molecular formula is C10H8Cl2N2O2. The molecule has 6 heteroatoms. The Hall–Kier alpha value is -1.44. The zero-order valence-electron chi connectivity index (χ0n) is 8.38. The number of hydrogen-bond acceptors (Lipinski definition) is 3. The van der Waals surface area contributed by atoms with Crippen LogP contribution in [0.15, 0.2) is 12.1 Å². The van der Waals surface area contributed by atoms with Gasteiger partial charge in [-0.05, 0) is 12.1 Å². The number of hydrogen-bond donors (Lipinski definition) is 1. The first-order chi connectivity index (χ1) is 7.60. The molecular weight excluding hydrogens is 251 g/mol. The Labute approximate surface area is 103 Å². The molecule has 0 aromatic heterocycles. The van der Waals surface area contributed by atoms with Crippen molar-refractivity contribution < 1.29 is 9.53 Å². The molecule has 1 aromatic carbocycles. The molecule has 1 rings (SSSR count). The molecule has 84 valence electrons. The molecule has 0 aliphatic carbocycles. The van der Waals surface area contributed by atoms with Crippen LogP contribution in [0, 0.1) is 11.3 Å². The quantitative estimate of drug-likeness (QED) is 0.907. The van der Waals surface area contributed by atoms with E-state index in [-0.39, 0.29) is 16.5 Å². The van der Waals surface area contributed by atoms with Crippen molar-refractivity contribution in [1.29, 1.82) is 5.26 Å². The Kier molecular flexibility index (Phi) is 4.41. The van der Waals surface area contributed by atoms with Gasteiger partial charge in [-0.2, -0.15) is 5.26 Å². The van der Waals surface area contributed by atoms with E-state index in [1.807, 2.05) is 0 Å². The lowest BCUT2D eigenvalue weighted by Crippen LogP contribution is -2.10. The van der Waals surface area contributed by atoms with Gasteiger partial charge in [0, 0.05) is 0 Å². The van der Waals surface area contributed by atoms with E-state index in [0.717, 1.165) is 0 Å². The SMILES string of the molecule is COc1ccc(NC(=O)CC#N)c(Cl)c1Cl. The van der Waals surface area contributed by atoms with Crippen LogP contribution in [0.2, 0.25) is 10.0 Å². The van der Waals surface area contributed by atoms with Gasteiger partial charge in [-0.1, -0.05) is 23.2 Å². The predicted octanol–water partition coefficient (Wildman–Crippen LogP) is 2.85. The molecule has 0 unspecified atom stereocenters. The number of nitriles is 1. The number of halogens is 2. The van der Waals surface area contributed by atoms with Gasteiger partial charge in [-0.15, -0.1) is 0 Å². The van der Waals surface area contributed by atoms with Gasteiger partial charge in [0.1, 0.15) is 17.2 Å². The van der Waals surface area contributed by atoms with Crippen molar-refractivity contribution >= 4 is 34.8 Å². The Bertz CT molecular complexity index is 455. The van der Waals surface area contributed by atoms with Crippen LogP contribution >= 0.6 is 23.2 Å². The van der Waals surface area contributed by atoms with Crippen LogP contribution in [-0.4, -0.2) is 13.0 Å². The fourth-order valence-corrected chi connectivity index (χ4v) is 1.50. The molecule has 16 heavy (non-hydrogen) atoms. The maximum atomic E-state index is 11.2. The van der Waals surface area contributed by atoms with Crippen molar-refractivity contribution in [3.05, 3.63) is 22.2 Å². The van der Waals surface area contributed by atoms with Crippen molar-refractivity contribution in [2.75, 3.05) is 12.4 Å². The first kappa shape index (κ1) is 12.6. The zero-order valence-corrected chi connectivity index (χ0v) is 9.89. The Balaban J connectivity index is 2.95. The highest BCUT2D eigenvalue weighted by Crippen LogP contribution is 2.37. The van der Waals surface area contributed by atoms with Crippen LogP contribution in [0.4, 0.5) is 5.69 Å². The number of amides is 1. The summed E-state index contributed by atoms with van der Waals surface area (Å²) in [4.78, 5) is 11.2. The molecule has 0 atom stereocenters. The fourth-order valence-electron chi connectivity index (χ4n) is 1.05. The molecule has 0 fully saturated rings. The van der Waals surface area contributed by atoms with Crippen LogP contribution in [0.5, 0.6) is 5.75 Å².